The van der Waals surface area contributed by atoms with E-state index < -0.39 is 10.5 Å². The van der Waals surface area contributed by atoms with E-state index in [0.717, 1.165) is 6.42 Å². The average molecular weight is 293 g/mol. The molecule has 6 nitrogen and oxygen atoms in total. The van der Waals surface area contributed by atoms with Gasteiger partial charge in [0.25, 0.3) is 11.6 Å². The van der Waals surface area contributed by atoms with Gasteiger partial charge in [0.1, 0.15) is 0 Å². The second-order valence-electron chi connectivity index (χ2n) is 6.07. The van der Waals surface area contributed by atoms with Crippen molar-refractivity contribution in [2.75, 3.05) is 6.54 Å². The number of carbonyl (C=O) groups excluding carboxylic acids is 1. The summed E-state index contributed by atoms with van der Waals surface area (Å²) in [4.78, 5) is 22.7. The molecule has 1 rings (SSSR count). The lowest BCUT2D eigenvalue weighted by atomic mass is 9.90. The molecule has 0 radical (unpaired) electrons. The highest BCUT2D eigenvalue weighted by Gasteiger charge is 2.27. The van der Waals surface area contributed by atoms with E-state index in [1.165, 1.54) is 12.1 Å². The molecule has 1 aromatic carbocycles. The van der Waals surface area contributed by atoms with Gasteiger partial charge in [-0.1, -0.05) is 19.9 Å². The van der Waals surface area contributed by atoms with Gasteiger partial charge in [0.15, 0.2) is 0 Å². The third-order valence-electron chi connectivity index (χ3n) is 3.40. The predicted octanol–water partition coefficient (Wildman–Crippen LogP) is 2.40. The number of nitrogens with two attached hydrogens (primary N) is 1. The first-order valence-corrected chi connectivity index (χ1v) is 6.96. The molecule has 0 bridgehead atoms. The number of hydrogen-bond acceptors (Lipinski definition) is 4. The molecule has 0 fully saturated rings. The number of aryl methyl sites for hydroxylation is 1. The second kappa shape index (κ2) is 6.67. The van der Waals surface area contributed by atoms with Crippen LogP contribution in [0.15, 0.2) is 18.2 Å². The summed E-state index contributed by atoms with van der Waals surface area (Å²) >= 11 is 0. The molecule has 0 aliphatic rings. The van der Waals surface area contributed by atoms with Gasteiger partial charge in [-0.25, -0.2) is 0 Å². The van der Waals surface area contributed by atoms with Crippen molar-refractivity contribution in [1.82, 2.24) is 5.32 Å². The zero-order valence-corrected chi connectivity index (χ0v) is 13.0. The number of hydrogen-bond donors (Lipinski definition) is 2. The molecular formula is C15H23N3O3. The van der Waals surface area contributed by atoms with Crippen LogP contribution in [-0.4, -0.2) is 22.9 Å². The van der Waals surface area contributed by atoms with Crippen LogP contribution in [0.1, 0.15) is 43.1 Å². The summed E-state index contributed by atoms with van der Waals surface area (Å²) in [7, 11) is 0. The minimum atomic E-state index is -0.525. The van der Waals surface area contributed by atoms with E-state index in [2.05, 4.69) is 19.2 Å². The Labute approximate surface area is 124 Å². The molecule has 1 amide bonds. The molecule has 0 saturated carbocycles. The quantitative estimate of drug-likeness (QED) is 0.621. The zero-order valence-electron chi connectivity index (χ0n) is 13.0. The molecule has 1 atom stereocenters. The number of nitro groups is 1. The molecule has 0 aliphatic carbocycles. The Morgan fingerprint density at radius 2 is 2.10 bits per heavy atom. The lowest BCUT2D eigenvalue weighted by Crippen LogP contribution is -2.52. The highest BCUT2D eigenvalue weighted by Crippen LogP contribution is 2.20. The number of nitrogens with one attached hydrogen (secondary N) is 1. The van der Waals surface area contributed by atoms with E-state index in [0.29, 0.717) is 23.6 Å². The number of rotatable bonds is 6. The van der Waals surface area contributed by atoms with E-state index in [4.69, 9.17) is 5.73 Å². The molecule has 0 aromatic heterocycles. The van der Waals surface area contributed by atoms with Crippen LogP contribution in [0.5, 0.6) is 0 Å². The van der Waals surface area contributed by atoms with Crippen molar-refractivity contribution >= 4 is 11.6 Å². The van der Waals surface area contributed by atoms with E-state index in [1.54, 1.807) is 13.0 Å². The lowest BCUT2D eigenvalue weighted by molar-refractivity contribution is -0.384. The molecule has 1 aromatic rings. The highest BCUT2D eigenvalue weighted by molar-refractivity contribution is 5.96. The Balaban J connectivity index is 3.03. The Morgan fingerprint density at radius 3 is 2.57 bits per heavy atom. The molecule has 6 heteroatoms. The third-order valence-corrected chi connectivity index (χ3v) is 3.40. The first kappa shape index (κ1) is 17.1. The fourth-order valence-corrected chi connectivity index (χ4v) is 2.40. The summed E-state index contributed by atoms with van der Waals surface area (Å²) in [5.74, 6) is 0.0508. The van der Waals surface area contributed by atoms with Crippen LogP contribution in [0.3, 0.4) is 0 Å². The number of non-ortho nitro benzene ring substituents is 1. The minimum absolute atomic E-state index is 0.0935. The van der Waals surface area contributed by atoms with Crippen molar-refractivity contribution in [2.24, 2.45) is 11.7 Å². The van der Waals surface area contributed by atoms with Crippen LogP contribution in [0, 0.1) is 23.0 Å². The van der Waals surface area contributed by atoms with Crippen molar-refractivity contribution in [3.05, 3.63) is 39.4 Å². The number of carbonyl (C=O) groups is 1. The number of amides is 1. The third kappa shape index (κ3) is 4.53. The summed E-state index contributed by atoms with van der Waals surface area (Å²) in [6, 6.07) is 4.27. The SMILES string of the molecule is Cc1ccc([N+](=O)[O-])cc1C(=O)NC(C)(CN)CC(C)C. The molecular weight excluding hydrogens is 270 g/mol. The van der Waals surface area contributed by atoms with Crippen LogP contribution in [0.4, 0.5) is 5.69 Å². The van der Waals surface area contributed by atoms with Crippen LogP contribution >= 0.6 is 0 Å². The van der Waals surface area contributed by atoms with Gasteiger partial charge in [-0.15, -0.1) is 0 Å². The van der Waals surface area contributed by atoms with Crippen molar-refractivity contribution < 1.29 is 9.72 Å². The Hall–Kier alpha value is -1.95. The van der Waals surface area contributed by atoms with Gasteiger partial charge in [-0.2, -0.15) is 0 Å². The Morgan fingerprint density at radius 1 is 1.48 bits per heavy atom. The van der Waals surface area contributed by atoms with Crippen molar-refractivity contribution in [1.29, 1.82) is 0 Å². The van der Waals surface area contributed by atoms with Crippen LogP contribution in [0.2, 0.25) is 0 Å². The highest BCUT2D eigenvalue weighted by atomic mass is 16.6. The van der Waals surface area contributed by atoms with Gasteiger partial charge >= 0.3 is 0 Å². The lowest BCUT2D eigenvalue weighted by Gasteiger charge is -2.31. The largest absolute Gasteiger partial charge is 0.346 e. The summed E-state index contributed by atoms with van der Waals surface area (Å²) in [5, 5.41) is 13.7. The number of benzene rings is 1. The van der Waals surface area contributed by atoms with E-state index >= 15 is 0 Å². The number of nitro benzene ring substituents is 1. The maximum atomic E-state index is 12.4. The second-order valence-corrected chi connectivity index (χ2v) is 6.07. The normalized spacial score (nSPS) is 13.8. The Kier molecular flexibility index (Phi) is 5.43. The van der Waals surface area contributed by atoms with Crippen LogP contribution < -0.4 is 11.1 Å². The van der Waals surface area contributed by atoms with E-state index in [9.17, 15) is 14.9 Å². The van der Waals surface area contributed by atoms with Gasteiger partial charge in [0.05, 0.1) is 4.92 Å². The molecule has 21 heavy (non-hydrogen) atoms. The van der Waals surface area contributed by atoms with Crippen molar-refractivity contribution in [3.8, 4) is 0 Å². The topological polar surface area (TPSA) is 98.3 Å². The summed E-state index contributed by atoms with van der Waals surface area (Å²) in [6.45, 7) is 8.06. The molecule has 116 valence electrons. The maximum absolute atomic E-state index is 12.4. The van der Waals surface area contributed by atoms with E-state index in [-0.39, 0.29) is 11.6 Å². The van der Waals surface area contributed by atoms with Crippen molar-refractivity contribution in [3.63, 3.8) is 0 Å². The summed E-state index contributed by atoms with van der Waals surface area (Å²) in [6.07, 6.45) is 0.739. The Bertz CT molecular complexity index is 543. The van der Waals surface area contributed by atoms with Gasteiger partial charge in [0, 0.05) is 29.8 Å². The number of nitrogens with zero attached hydrogens (tertiary/aromatic N) is 1. The monoisotopic (exact) mass is 293 g/mol. The van der Waals surface area contributed by atoms with Crippen LogP contribution in [0.25, 0.3) is 0 Å². The van der Waals surface area contributed by atoms with Crippen molar-refractivity contribution in [2.45, 2.75) is 39.7 Å². The average Bonchev–Trinajstić information content (AvgIpc) is 2.37. The van der Waals surface area contributed by atoms with Gasteiger partial charge < -0.3 is 11.1 Å². The van der Waals surface area contributed by atoms with Gasteiger partial charge in [0.2, 0.25) is 0 Å². The standard InChI is InChI=1S/C15H23N3O3/c1-10(2)8-15(4,9-16)17-14(19)13-7-12(18(20)21)6-5-11(13)3/h5-7,10H,8-9,16H2,1-4H3,(H,17,19). The minimum Gasteiger partial charge on any atom is -0.346 e. The van der Waals surface area contributed by atoms with Crippen LogP contribution in [-0.2, 0) is 0 Å². The first-order valence-electron chi connectivity index (χ1n) is 6.96. The molecule has 0 aliphatic heterocycles. The molecule has 0 spiro atoms. The predicted molar refractivity (Wildman–Crippen MR) is 82.2 cm³/mol. The summed E-state index contributed by atoms with van der Waals surface area (Å²) in [5.41, 5.74) is 6.16. The maximum Gasteiger partial charge on any atom is 0.270 e. The molecule has 1 unspecified atom stereocenters. The smallest absolute Gasteiger partial charge is 0.270 e. The fraction of sp³-hybridized carbons (Fsp3) is 0.533. The van der Waals surface area contributed by atoms with E-state index in [1.807, 2.05) is 6.92 Å². The molecule has 0 saturated heterocycles. The fourth-order valence-electron chi connectivity index (χ4n) is 2.40. The zero-order chi connectivity index (χ0) is 16.2. The first-order chi connectivity index (χ1) is 9.68. The summed E-state index contributed by atoms with van der Waals surface area (Å²) < 4.78 is 0. The van der Waals surface area contributed by atoms with Gasteiger partial charge in [-0.05, 0) is 31.7 Å². The molecule has 3 N–H and O–H groups in total. The molecule has 0 heterocycles. The van der Waals surface area contributed by atoms with Gasteiger partial charge in [-0.3, -0.25) is 14.9 Å².